The van der Waals surface area contributed by atoms with Gasteiger partial charge in [-0.2, -0.15) is 13.2 Å². The molecule has 4 heteroatoms. The van der Waals surface area contributed by atoms with E-state index in [0.717, 1.165) is 17.7 Å². The molecule has 0 spiro atoms. The maximum Gasteiger partial charge on any atom is 0.416 e. The first-order chi connectivity index (χ1) is 8.48. The number of nitrogens with two attached hydrogens (primary N) is 1. The minimum Gasteiger partial charge on any atom is -0.320 e. The fraction of sp³-hybridized carbons (Fsp3) is 0.143. The first-order valence-corrected chi connectivity index (χ1v) is 5.46. The second-order valence-corrected chi connectivity index (χ2v) is 4.01. The summed E-state index contributed by atoms with van der Waals surface area (Å²) in [7, 11) is 0. The number of halogens is 3. The van der Waals surface area contributed by atoms with Crippen LogP contribution in [0.2, 0.25) is 0 Å². The highest BCUT2D eigenvalue weighted by Crippen LogP contribution is 2.30. The van der Waals surface area contributed by atoms with Crippen LogP contribution in [0.4, 0.5) is 13.2 Å². The molecule has 1 nitrogen and oxygen atoms in total. The van der Waals surface area contributed by atoms with Gasteiger partial charge in [0.15, 0.2) is 0 Å². The van der Waals surface area contributed by atoms with Gasteiger partial charge in [-0.15, -0.1) is 0 Å². The molecule has 0 saturated carbocycles. The van der Waals surface area contributed by atoms with Crippen LogP contribution in [0.25, 0.3) is 0 Å². The van der Waals surface area contributed by atoms with Crippen molar-refractivity contribution in [2.45, 2.75) is 12.2 Å². The average Bonchev–Trinajstić information content (AvgIpc) is 2.38. The van der Waals surface area contributed by atoms with E-state index in [-0.39, 0.29) is 0 Å². The zero-order chi connectivity index (χ0) is 13.2. The van der Waals surface area contributed by atoms with Crippen molar-refractivity contribution in [3.8, 4) is 0 Å². The van der Waals surface area contributed by atoms with E-state index < -0.39 is 17.8 Å². The molecule has 0 saturated heterocycles. The summed E-state index contributed by atoms with van der Waals surface area (Å²) in [6.07, 6.45) is -4.31. The van der Waals surface area contributed by atoms with E-state index in [9.17, 15) is 13.2 Å². The molecule has 94 valence electrons. The van der Waals surface area contributed by atoms with Gasteiger partial charge in [-0.05, 0) is 23.3 Å². The van der Waals surface area contributed by atoms with E-state index in [1.807, 2.05) is 30.3 Å². The molecule has 18 heavy (non-hydrogen) atoms. The Balaban J connectivity index is 2.25. The average molecular weight is 251 g/mol. The van der Waals surface area contributed by atoms with Crippen molar-refractivity contribution in [3.63, 3.8) is 0 Å². The van der Waals surface area contributed by atoms with E-state index in [4.69, 9.17) is 5.73 Å². The van der Waals surface area contributed by atoms with Crippen molar-refractivity contribution >= 4 is 0 Å². The molecule has 1 atom stereocenters. The van der Waals surface area contributed by atoms with Crippen LogP contribution >= 0.6 is 0 Å². The Kier molecular flexibility index (Phi) is 3.39. The van der Waals surface area contributed by atoms with Crippen LogP contribution in [0, 0.1) is 0 Å². The maximum absolute atomic E-state index is 12.4. The molecule has 0 aromatic heterocycles. The van der Waals surface area contributed by atoms with Crippen LogP contribution in [0.1, 0.15) is 22.7 Å². The normalized spacial score (nSPS) is 13.3. The van der Waals surface area contributed by atoms with Gasteiger partial charge in [0, 0.05) is 0 Å². The second kappa shape index (κ2) is 4.82. The Morgan fingerprint density at radius 3 is 1.78 bits per heavy atom. The fourth-order valence-electron chi connectivity index (χ4n) is 1.73. The third kappa shape index (κ3) is 2.71. The van der Waals surface area contributed by atoms with E-state index in [1.165, 1.54) is 12.1 Å². The SMILES string of the molecule is N[C@H](c1ccccc1)c1ccc(C(F)(F)F)cc1. The van der Waals surface area contributed by atoms with Gasteiger partial charge in [-0.25, -0.2) is 0 Å². The lowest BCUT2D eigenvalue weighted by atomic mass is 9.98. The molecule has 2 aromatic rings. The molecule has 0 unspecified atom stereocenters. The van der Waals surface area contributed by atoms with E-state index >= 15 is 0 Å². The van der Waals surface area contributed by atoms with Crippen molar-refractivity contribution in [3.05, 3.63) is 71.3 Å². The predicted octanol–water partition coefficient (Wildman–Crippen LogP) is 3.75. The molecule has 0 bridgehead atoms. The highest BCUT2D eigenvalue weighted by Gasteiger charge is 2.30. The van der Waals surface area contributed by atoms with Crippen LogP contribution in [0.15, 0.2) is 54.6 Å². The quantitative estimate of drug-likeness (QED) is 0.864. The standard InChI is InChI=1S/C14H12F3N/c15-14(16,17)12-8-6-11(7-9-12)13(18)10-4-2-1-3-5-10/h1-9,13H,18H2/t13-/m1/s1. The number of alkyl halides is 3. The van der Waals surface area contributed by atoms with Crippen molar-refractivity contribution in [1.29, 1.82) is 0 Å². The lowest BCUT2D eigenvalue weighted by molar-refractivity contribution is -0.137. The molecular formula is C14H12F3N. The molecule has 0 fully saturated rings. The molecule has 0 amide bonds. The molecule has 0 heterocycles. The topological polar surface area (TPSA) is 26.0 Å². The zero-order valence-electron chi connectivity index (χ0n) is 9.48. The summed E-state index contributed by atoms with van der Waals surface area (Å²) in [5.41, 5.74) is 6.87. The van der Waals surface area contributed by atoms with Gasteiger partial charge in [-0.3, -0.25) is 0 Å². The van der Waals surface area contributed by atoms with Crippen LogP contribution in [-0.4, -0.2) is 0 Å². The fourth-order valence-corrected chi connectivity index (χ4v) is 1.73. The lowest BCUT2D eigenvalue weighted by Crippen LogP contribution is -2.12. The van der Waals surface area contributed by atoms with Crippen molar-refractivity contribution in [2.24, 2.45) is 5.73 Å². The molecule has 2 N–H and O–H groups in total. The Hall–Kier alpha value is -1.81. The Morgan fingerprint density at radius 2 is 1.28 bits per heavy atom. The Bertz CT molecular complexity index is 503. The van der Waals surface area contributed by atoms with Crippen LogP contribution < -0.4 is 5.73 Å². The monoisotopic (exact) mass is 251 g/mol. The van der Waals surface area contributed by atoms with Crippen molar-refractivity contribution in [2.75, 3.05) is 0 Å². The minimum atomic E-state index is -4.31. The van der Waals surface area contributed by atoms with Gasteiger partial charge in [-0.1, -0.05) is 42.5 Å². The molecule has 0 aliphatic rings. The number of rotatable bonds is 2. The largest absolute Gasteiger partial charge is 0.416 e. The predicted molar refractivity (Wildman–Crippen MR) is 63.9 cm³/mol. The number of hydrogen-bond acceptors (Lipinski definition) is 1. The molecule has 0 aliphatic carbocycles. The first kappa shape index (κ1) is 12.6. The summed E-state index contributed by atoms with van der Waals surface area (Å²) in [6.45, 7) is 0. The van der Waals surface area contributed by atoms with Crippen molar-refractivity contribution < 1.29 is 13.2 Å². The first-order valence-electron chi connectivity index (χ1n) is 5.46. The lowest BCUT2D eigenvalue weighted by Gasteiger charge is -2.13. The van der Waals surface area contributed by atoms with Gasteiger partial charge in [0.1, 0.15) is 0 Å². The van der Waals surface area contributed by atoms with Gasteiger partial charge < -0.3 is 5.73 Å². The van der Waals surface area contributed by atoms with E-state index in [2.05, 4.69) is 0 Å². The maximum atomic E-state index is 12.4. The van der Waals surface area contributed by atoms with Crippen LogP contribution in [-0.2, 0) is 6.18 Å². The van der Waals surface area contributed by atoms with Gasteiger partial charge in [0.2, 0.25) is 0 Å². The molecule has 0 radical (unpaired) electrons. The summed E-state index contributed by atoms with van der Waals surface area (Å²) in [6, 6.07) is 13.8. The molecular weight excluding hydrogens is 239 g/mol. The molecule has 2 aromatic carbocycles. The van der Waals surface area contributed by atoms with Gasteiger partial charge in [0.25, 0.3) is 0 Å². The zero-order valence-corrected chi connectivity index (χ0v) is 9.48. The Labute approximate surface area is 103 Å². The highest BCUT2D eigenvalue weighted by molar-refractivity contribution is 5.33. The van der Waals surface area contributed by atoms with E-state index in [0.29, 0.717) is 5.56 Å². The minimum absolute atomic E-state index is 0.409. The van der Waals surface area contributed by atoms with Gasteiger partial charge in [0.05, 0.1) is 11.6 Å². The Morgan fingerprint density at radius 1 is 0.778 bits per heavy atom. The molecule has 0 aliphatic heterocycles. The number of hydrogen-bond donors (Lipinski definition) is 1. The molecule has 2 rings (SSSR count). The van der Waals surface area contributed by atoms with Crippen LogP contribution in [0.5, 0.6) is 0 Å². The van der Waals surface area contributed by atoms with Crippen LogP contribution in [0.3, 0.4) is 0 Å². The summed E-state index contributed by atoms with van der Waals surface area (Å²) in [4.78, 5) is 0. The highest BCUT2D eigenvalue weighted by atomic mass is 19.4. The second-order valence-electron chi connectivity index (χ2n) is 4.01. The summed E-state index contributed by atoms with van der Waals surface area (Å²) in [5, 5.41) is 0. The third-order valence-corrected chi connectivity index (χ3v) is 2.76. The third-order valence-electron chi connectivity index (χ3n) is 2.76. The summed E-state index contributed by atoms with van der Waals surface area (Å²) in [5.74, 6) is 0. The summed E-state index contributed by atoms with van der Waals surface area (Å²) >= 11 is 0. The summed E-state index contributed by atoms with van der Waals surface area (Å²) < 4.78 is 37.2. The van der Waals surface area contributed by atoms with Gasteiger partial charge >= 0.3 is 6.18 Å². The van der Waals surface area contributed by atoms with E-state index in [1.54, 1.807) is 0 Å². The smallest absolute Gasteiger partial charge is 0.320 e. The number of benzene rings is 2. The van der Waals surface area contributed by atoms with Crippen molar-refractivity contribution in [1.82, 2.24) is 0 Å².